The fraction of sp³-hybridized carbons (Fsp3) is 0.333. The molecule has 6 heteroatoms. The van der Waals surface area contributed by atoms with Crippen LogP contribution in [0.1, 0.15) is 17.3 Å². The van der Waals surface area contributed by atoms with Crippen LogP contribution in [0.5, 0.6) is 0 Å². The Morgan fingerprint density at radius 2 is 2.17 bits per heavy atom. The van der Waals surface area contributed by atoms with Gasteiger partial charge < -0.3 is 15.8 Å². The highest BCUT2D eigenvalue weighted by atomic mass is 32.2. The largest absolute Gasteiger partial charge is 0.465 e. The second-order valence-electron chi connectivity index (χ2n) is 3.49. The van der Waals surface area contributed by atoms with Gasteiger partial charge in [0.15, 0.2) is 0 Å². The van der Waals surface area contributed by atoms with E-state index in [2.05, 4.69) is 10.1 Å². The zero-order valence-electron chi connectivity index (χ0n) is 10.4. The van der Waals surface area contributed by atoms with Crippen LogP contribution < -0.4 is 11.1 Å². The molecule has 0 bridgehead atoms. The van der Waals surface area contributed by atoms with Crippen LogP contribution in [0, 0.1) is 0 Å². The van der Waals surface area contributed by atoms with E-state index in [-0.39, 0.29) is 5.91 Å². The van der Waals surface area contributed by atoms with Crippen LogP contribution >= 0.6 is 11.8 Å². The number of thioether (sulfide) groups is 1. The van der Waals surface area contributed by atoms with Crippen molar-refractivity contribution >= 4 is 29.3 Å². The lowest BCUT2D eigenvalue weighted by Crippen LogP contribution is -2.24. The van der Waals surface area contributed by atoms with E-state index in [0.717, 1.165) is 4.90 Å². The molecule has 5 nitrogen and oxygen atoms in total. The van der Waals surface area contributed by atoms with E-state index < -0.39 is 5.97 Å². The van der Waals surface area contributed by atoms with Gasteiger partial charge in [0, 0.05) is 17.1 Å². The summed E-state index contributed by atoms with van der Waals surface area (Å²) in [6.45, 7) is 2.47. The Morgan fingerprint density at radius 1 is 1.44 bits per heavy atom. The number of esters is 1. The first-order valence-electron chi connectivity index (χ1n) is 5.45. The molecule has 3 N–H and O–H groups in total. The third-order valence-corrected chi connectivity index (χ3v) is 3.25. The van der Waals surface area contributed by atoms with Crippen molar-refractivity contribution in [2.75, 3.05) is 25.1 Å². The molecule has 1 aromatic rings. The summed E-state index contributed by atoms with van der Waals surface area (Å²) in [6.07, 6.45) is 0. The number of amides is 1. The SMILES string of the molecule is CCNC(=O)CSc1ccc(C(=O)OC)cc1N. The number of anilines is 1. The van der Waals surface area contributed by atoms with Crippen LogP contribution in [0.4, 0.5) is 5.69 Å². The number of carbonyl (C=O) groups is 2. The minimum Gasteiger partial charge on any atom is -0.465 e. The highest BCUT2D eigenvalue weighted by Gasteiger charge is 2.09. The zero-order valence-corrected chi connectivity index (χ0v) is 11.2. The van der Waals surface area contributed by atoms with Gasteiger partial charge in [-0.1, -0.05) is 0 Å². The maximum Gasteiger partial charge on any atom is 0.337 e. The number of carbonyl (C=O) groups excluding carboxylic acids is 2. The average molecular weight is 268 g/mol. The number of ether oxygens (including phenoxy) is 1. The van der Waals surface area contributed by atoms with Crippen molar-refractivity contribution in [2.45, 2.75) is 11.8 Å². The Morgan fingerprint density at radius 3 is 2.72 bits per heavy atom. The molecule has 0 spiro atoms. The van der Waals surface area contributed by atoms with Gasteiger partial charge in [0.2, 0.25) is 5.91 Å². The molecule has 0 saturated carbocycles. The van der Waals surface area contributed by atoms with Crippen LogP contribution in [-0.2, 0) is 9.53 Å². The van der Waals surface area contributed by atoms with Gasteiger partial charge in [-0.15, -0.1) is 11.8 Å². The molecule has 0 unspecified atom stereocenters. The molecular weight excluding hydrogens is 252 g/mol. The van der Waals surface area contributed by atoms with Crippen molar-refractivity contribution in [1.29, 1.82) is 0 Å². The number of nitrogen functional groups attached to an aromatic ring is 1. The first-order chi connectivity index (χ1) is 8.58. The van der Waals surface area contributed by atoms with Crippen molar-refractivity contribution in [2.24, 2.45) is 0 Å². The van der Waals surface area contributed by atoms with Crippen LogP contribution in [0.25, 0.3) is 0 Å². The maximum absolute atomic E-state index is 11.3. The Labute approximate surface area is 110 Å². The number of hydrogen-bond acceptors (Lipinski definition) is 5. The number of rotatable bonds is 5. The quantitative estimate of drug-likeness (QED) is 0.477. The molecule has 0 atom stereocenters. The summed E-state index contributed by atoms with van der Waals surface area (Å²) in [5.74, 6) is -0.170. The number of hydrogen-bond donors (Lipinski definition) is 2. The summed E-state index contributed by atoms with van der Waals surface area (Å²) < 4.78 is 4.60. The Bertz CT molecular complexity index is 449. The van der Waals surface area contributed by atoms with Gasteiger partial charge in [-0.2, -0.15) is 0 Å². The average Bonchev–Trinajstić information content (AvgIpc) is 2.36. The molecule has 1 amide bonds. The number of benzene rings is 1. The molecule has 0 aliphatic carbocycles. The predicted octanol–water partition coefficient (Wildman–Crippen LogP) is 1.28. The summed E-state index contributed by atoms with van der Waals surface area (Å²) in [4.78, 5) is 23.4. The van der Waals surface area contributed by atoms with Gasteiger partial charge in [-0.25, -0.2) is 4.79 Å². The Balaban J connectivity index is 2.68. The summed E-state index contributed by atoms with van der Waals surface area (Å²) in [7, 11) is 1.32. The third kappa shape index (κ3) is 3.96. The van der Waals surface area contributed by atoms with Crippen LogP contribution in [-0.4, -0.2) is 31.3 Å². The fourth-order valence-electron chi connectivity index (χ4n) is 1.32. The number of nitrogens with two attached hydrogens (primary N) is 1. The Kier molecular flexibility index (Phi) is 5.51. The molecule has 0 fully saturated rings. The smallest absolute Gasteiger partial charge is 0.337 e. The van der Waals surface area contributed by atoms with Gasteiger partial charge >= 0.3 is 5.97 Å². The second-order valence-corrected chi connectivity index (χ2v) is 4.50. The van der Waals surface area contributed by atoms with Crippen LogP contribution in [0.2, 0.25) is 0 Å². The minimum atomic E-state index is -0.429. The van der Waals surface area contributed by atoms with E-state index in [0.29, 0.717) is 23.5 Å². The molecular formula is C12H16N2O3S. The molecule has 1 aromatic carbocycles. The zero-order chi connectivity index (χ0) is 13.5. The highest BCUT2D eigenvalue weighted by Crippen LogP contribution is 2.25. The molecule has 98 valence electrons. The van der Waals surface area contributed by atoms with E-state index in [1.165, 1.54) is 18.9 Å². The van der Waals surface area contributed by atoms with E-state index >= 15 is 0 Å². The van der Waals surface area contributed by atoms with Gasteiger partial charge in [-0.3, -0.25) is 4.79 Å². The van der Waals surface area contributed by atoms with Crippen LogP contribution in [0.15, 0.2) is 23.1 Å². The molecule has 0 aliphatic heterocycles. The second kappa shape index (κ2) is 6.90. The van der Waals surface area contributed by atoms with E-state index in [4.69, 9.17) is 5.73 Å². The minimum absolute atomic E-state index is 0.0426. The normalized spacial score (nSPS) is 9.89. The molecule has 0 heterocycles. The lowest BCUT2D eigenvalue weighted by atomic mass is 10.2. The lowest BCUT2D eigenvalue weighted by Gasteiger charge is -2.07. The Hall–Kier alpha value is -1.69. The summed E-state index contributed by atoms with van der Waals surface area (Å²) >= 11 is 1.33. The van der Waals surface area contributed by atoms with Crippen molar-refractivity contribution in [3.05, 3.63) is 23.8 Å². The van der Waals surface area contributed by atoms with Gasteiger partial charge in [0.05, 0.1) is 18.4 Å². The molecule has 1 rings (SSSR count). The number of nitrogens with one attached hydrogen (secondary N) is 1. The van der Waals surface area contributed by atoms with Crippen molar-refractivity contribution in [3.8, 4) is 0 Å². The van der Waals surface area contributed by atoms with Gasteiger partial charge in [-0.05, 0) is 25.1 Å². The molecule has 0 aliphatic rings. The van der Waals surface area contributed by atoms with Crippen molar-refractivity contribution in [3.63, 3.8) is 0 Å². The summed E-state index contributed by atoms with van der Waals surface area (Å²) in [6, 6.07) is 4.89. The van der Waals surface area contributed by atoms with Crippen molar-refractivity contribution in [1.82, 2.24) is 5.32 Å². The van der Waals surface area contributed by atoms with Crippen molar-refractivity contribution < 1.29 is 14.3 Å². The summed E-state index contributed by atoms with van der Waals surface area (Å²) in [5, 5.41) is 2.70. The molecule has 0 radical (unpaired) electrons. The maximum atomic E-state index is 11.3. The topological polar surface area (TPSA) is 81.4 Å². The lowest BCUT2D eigenvalue weighted by molar-refractivity contribution is -0.118. The molecule has 0 saturated heterocycles. The van der Waals surface area contributed by atoms with Gasteiger partial charge in [0.25, 0.3) is 0 Å². The highest BCUT2D eigenvalue weighted by molar-refractivity contribution is 8.00. The van der Waals surface area contributed by atoms with E-state index in [1.54, 1.807) is 18.2 Å². The number of methoxy groups -OCH3 is 1. The van der Waals surface area contributed by atoms with Gasteiger partial charge in [0.1, 0.15) is 0 Å². The van der Waals surface area contributed by atoms with Crippen LogP contribution in [0.3, 0.4) is 0 Å². The third-order valence-electron chi connectivity index (χ3n) is 2.16. The fourth-order valence-corrected chi connectivity index (χ4v) is 2.09. The molecule has 0 aromatic heterocycles. The summed E-state index contributed by atoms with van der Waals surface area (Å²) in [5.41, 5.74) is 6.68. The standard InChI is InChI=1S/C12H16N2O3S/c1-3-14-11(15)7-18-10-5-4-8(6-9(10)13)12(16)17-2/h4-6H,3,7,13H2,1-2H3,(H,14,15). The monoisotopic (exact) mass is 268 g/mol. The first kappa shape index (κ1) is 14.4. The van der Waals surface area contributed by atoms with E-state index in [1.807, 2.05) is 6.92 Å². The van der Waals surface area contributed by atoms with E-state index in [9.17, 15) is 9.59 Å². The molecule has 18 heavy (non-hydrogen) atoms. The first-order valence-corrected chi connectivity index (χ1v) is 6.44. The predicted molar refractivity (Wildman–Crippen MR) is 71.6 cm³/mol.